The fourth-order valence-electron chi connectivity index (χ4n) is 6.43. The van der Waals surface area contributed by atoms with Crippen LogP contribution in [0.25, 0.3) is 11.1 Å². The average molecular weight is 759 g/mol. The zero-order chi connectivity index (χ0) is 38.7. The largest absolute Gasteiger partial charge is 0.484 e. The summed E-state index contributed by atoms with van der Waals surface area (Å²) in [5, 5.41) is 23.1. The predicted octanol–water partition coefficient (Wildman–Crippen LogP) is 4.66. The van der Waals surface area contributed by atoms with Gasteiger partial charge in [-0.1, -0.05) is 110 Å². The Kier molecular flexibility index (Phi) is 12.7. The number of carboxylic acids is 1. The zero-order valence-electron chi connectivity index (χ0n) is 30.1. The van der Waals surface area contributed by atoms with Crippen molar-refractivity contribution in [2.45, 2.75) is 56.3 Å². The Hall–Kier alpha value is -6.27. The van der Waals surface area contributed by atoms with E-state index in [1.807, 2.05) is 85.1 Å². The number of hydrogen-bond donors (Lipinski definition) is 5. The van der Waals surface area contributed by atoms with Crippen molar-refractivity contribution in [3.8, 4) is 16.9 Å². The molecule has 0 saturated carbocycles. The molecule has 0 saturated heterocycles. The first kappa shape index (κ1) is 38.5. The maximum absolute atomic E-state index is 14.4. The van der Waals surface area contributed by atoms with E-state index in [-0.39, 0.29) is 19.3 Å². The summed E-state index contributed by atoms with van der Waals surface area (Å²) in [4.78, 5) is 69.2. The molecule has 0 fully saturated rings. The van der Waals surface area contributed by atoms with Crippen LogP contribution in [0, 0.1) is 0 Å². The summed E-state index contributed by atoms with van der Waals surface area (Å²) < 4.78 is 5.72. The quantitative estimate of drug-likeness (QED) is 0.144. The van der Waals surface area contributed by atoms with E-state index in [1.165, 1.54) is 11.3 Å². The van der Waals surface area contributed by atoms with Gasteiger partial charge in [-0.3, -0.25) is 19.2 Å². The molecule has 12 heteroatoms. The fraction of sp³-hybridized carbons (Fsp3) is 0.233. The second kappa shape index (κ2) is 18.2. The van der Waals surface area contributed by atoms with Gasteiger partial charge in [0.1, 0.15) is 29.9 Å². The van der Waals surface area contributed by atoms with Gasteiger partial charge in [0.25, 0.3) is 5.91 Å². The van der Waals surface area contributed by atoms with Gasteiger partial charge in [0, 0.05) is 30.1 Å². The number of carbonyl (C=O) groups is 5. The Balaban J connectivity index is 1.36. The third kappa shape index (κ3) is 10.5. The fourth-order valence-corrected chi connectivity index (χ4v) is 7.25. The highest BCUT2D eigenvalue weighted by Gasteiger charge is 2.34. The number of nitrogens with one attached hydrogen (secondary N) is 4. The molecule has 2 aliphatic heterocycles. The standard InChI is InChI=1S/C43H42N4O7S/c1-27(37-13-8-22-55-37)39-42(51)45-35(24-29-14-18-32(19-15-29)31-11-6-3-7-12-31)40(49)44-34(23-28-9-4-2-5-10-28)41(50)46-36(43(52)53)25-30-16-20-33(21-17-30)54-26-38(48)47-39/h2-22,27,34-36,39H,23-26H2,1H3,(H,44,49)(H,45,51)(H,46,50)(H,47,48)(H,52,53)/t27?,34-,35+,36+,39+/m1/s1. The molecular formula is C43H42N4O7S. The number of hydrogen-bond acceptors (Lipinski definition) is 7. The Morgan fingerprint density at radius 2 is 1.27 bits per heavy atom. The number of benzene rings is 4. The first-order valence-electron chi connectivity index (χ1n) is 18.0. The smallest absolute Gasteiger partial charge is 0.326 e. The van der Waals surface area contributed by atoms with E-state index in [4.69, 9.17) is 4.74 Å². The third-order valence-electron chi connectivity index (χ3n) is 9.49. The van der Waals surface area contributed by atoms with Gasteiger partial charge in [-0.15, -0.1) is 11.3 Å². The maximum Gasteiger partial charge on any atom is 0.326 e. The van der Waals surface area contributed by atoms with Crippen LogP contribution < -0.4 is 26.0 Å². The number of ether oxygens (including phenoxy) is 1. The Morgan fingerprint density at radius 1 is 0.691 bits per heavy atom. The third-order valence-corrected chi connectivity index (χ3v) is 10.6. The van der Waals surface area contributed by atoms with Crippen molar-refractivity contribution in [3.05, 3.63) is 148 Å². The monoisotopic (exact) mass is 758 g/mol. The van der Waals surface area contributed by atoms with Crippen molar-refractivity contribution in [1.82, 2.24) is 21.3 Å². The molecule has 4 aromatic carbocycles. The van der Waals surface area contributed by atoms with Crippen molar-refractivity contribution in [3.63, 3.8) is 0 Å². The molecule has 3 heterocycles. The number of carbonyl (C=O) groups excluding carboxylic acids is 4. The van der Waals surface area contributed by atoms with E-state index >= 15 is 0 Å². The molecule has 282 valence electrons. The highest BCUT2D eigenvalue weighted by molar-refractivity contribution is 7.10. The molecule has 1 unspecified atom stereocenters. The summed E-state index contributed by atoms with van der Waals surface area (Å²) in [6, 6.07) is 31.9. The molecule has 55 heavy (non-hydrogen) atoms. The van der Waals surface area contributed by atoms with Crippen LogP contribution in [-0.4, -0.2) is 65.5 Å². The topological polar surface area (TPSA) is 163 Å². The van der Waals surface area contributed by atoms with Crippen molar-refractivity contribution in [2.24, 2.45) is 0 Å². The molecule has 0 spiro atoms. The van der Waals surface area contributed by atoms with Gasteiger partial charge >= 0.3 is 5.97 Å². The first-order valence-corrected chi connectivity index (χ1v) is 18.9. The van der Waals surface area contributed by atoms with Gasteiger partial charge in [0.15, 0.2) is 6.61 Å². The van der Waals surface area contributed by atoms with Crippen LogP contribution in [0.2, 0.25) is 0 Å². The summed E-state index contributed by atoms with van der Waals surface area (Å²) in [5.41, 5.74) is 4.05. The van der Waals surface area contributed by atoms with Crippen LogP contribution in [0.4, 0.5) is 0 Å². The molecule has 5 N–H and O–H groups in total. The van der Waals surface area contributed by atoms with Gasteiger partial charge in [0.05, 0.1) is 0 Å². The predicted molar refractivity (Wildman–Crippen MR) is 209 cm³/mol. The average Bonchev–Trinajstić information content (AvgIpc) is 3.75. The zero-order valence-corrected chi connectivity index (χ0v) is 31.0. The molecule has 1 aromatic heterocycles. The molecule has 11 nitrogen and oxygen atoms in total. The first-order chi connectivity index (χ1) is 26.6. The molecule has 0 aliphatic carbocycles. The minimum Gasteiger partial charge on any atom is -0.484 e. The molecule has 5 aromatic rings. The number of carboxylic acid groups (broad SMARTS) is 1. The van der Waals surface area contributed by atoms with Gasteiger partial charge in [-0.2, -0.15) is 0 Å². The Labute approximate surface area is 323 Å². The van der Waals surface area contributed by atoms with E-state index in [0.717, 1.165) is 27.1 Å². The molecule has 0 radical (unpaired) electrons. The normalized spacial score (nSPS) is 20.3. The summed E-state index contributed by atoms with van der Waals surface area (Å²) in [7, 11) is 0. The SMILES string of the molecule is CC(c1cccs1)[C@@H]1NC(=O)COc2ccc(cc2)C[C@@H](C(=O)O)NC(=O)[C@@H](Cc2ccccc2)NC(=O)[C@H](Cc2ccc(-c3ccccc3)cc2)NC1=O. The van der Waals surface area contributed by atoms with Gasteiger partial charge in [-0.25, -0.2) is 4.79 Å². The minimum absolute atomic E-state index is 0.0478. The van der Waals surface area contributed by atoms with E-state index in [9.17, 15) is 29.1 Å². The second-order valence-electron chi connectivity index (χ2n) is 13.5. The van der Waals surface area contributed by atoms with Crippen molar-refractivity contribution < 1.29 is 33.8 Å². The van der Waals surface area contributed by atoms with Gasteiger partial charge in [0.2, 0.25) is 17.7 Å². The highest BCUT2D eigenvalue weighted by atomic mass is 32.1. The van der Waals surface area contributed by atoms with Crippen molar-refractivity contribution >= 4 is 40.9 Å². The summed E-state index contributed by atoms with van der Waals surface area (Å²) in [6.07, 6.45) is 0.0559. The number of fused-ring (bicyclic) bond motifs is 16. The lowest BCUT2D eigenvalue weighted by Crippen LogP contribution is -2.59. The number of thiophene rings is 1. The van der Waals surface area contributed by atoms with Gasteiger partial charge < -0.3 is 31.1 Å². The summed E-state index contributed by atoms with van der Waals surface area (Å²) in [5.74, 6) is -3.88. The minimum atomic E-state index is -1.32. The van der Waals surface area contributed by atoms with Crippen molar-refractivity contribution in [1.29, 1.82) is 0 Å². The van der Waals surface area contributed by atoms with Crippen LogP contribution in [-0.2, 0) is 43.2 Å². The number of rotatable bonds is 8. The van der Waals surface area contributed by atoms with Crippen LogP contribution >= 0.6 is 11.3 Å². The lowest BCUT2D eigenvalue weighted by Gasteiger charge is -2.28. The molecule has 5 atom stereocenters. The lowest BCUT2D eigenvalue weighted by molar-refractivity contribution is -0.142. The van der Waals surface area contributed by atoms with Gasteiger partial charge in [-0.05, 0) is 51.4 Å². The van der Waals surface area contributed by atoms with E-state index < -0.39 is 66.3 Å². The van der Waals surface area contributed by atoms with Crippen LogP contribution in [0.5, 0.6) is 5.75 Å². The maximum atomic E-state index is 14.4. The highest BCUT2D eigenvalue weighted by Crippen LogP contribution is 2.25. The molecule has 2 bridgehead atoms. The lowest BCUT2D eigenvalue weighted by atomic mass is 9.97. The molecule has 2 aliphatic rings. The Bertz CT molecular complexity index is 2080. The van der Waals surface area contributed by atoms with E-state index in [1.54, 1.807) is 48.5 Å². The van der Waals surface area contributed by atoms with E-state index in [2.05, 4.69) is 21.3 Å². The Morgan fingerprint density at radius 3 is 1.89 bits per heavy atom. The molecule has 4 amide bonds. The molecular weight excluding hydrogens is 717 g/mol. The molecule has 7 rings (SSSR count). The van der Waals surface area contributed by atoms with Crippen LogP contribution in [0.1, 0.15) is 34.4 Å². The van der Waals surface area contributed by atoms with E-state index in [0.29, 0.717) is 11.3 Å². The van der Waals surface area contributed by atoms with Crippen molar-refractivity contribution in [2.75, 3.05) is 6.61 Å². The second-order valence-corrected chi connectivity index (χ2v) is 14.4. The van der Waals surface area contributed by atoms with Crippen LogP contribution in [0.15, 0.2) is 127 Å². The number of aliphatic carboxylic acids is 1. The number of amides is 4. The summed E-state index contributed by atoms with van der Waals surface area (Å²) >= 11 is 1.44. The van der Waals surface area contributed by atoms with Crippen LogP contribution in [0.3, 0.4) is 0 Å². The summed E-state index contributed by atoms with van der Waals surface area (Å²) in [6.45, 7) is 1.43.